The number of hydrogen-bond donors (Lipinski definition) is 1. The van der Waals surface area contributed by atoms with Crippen molar-refractivity contribution in [1.29, 1.82) is 0 Å². The zero-order valence-electron chi connectivity index (χ0n) is 32.0. The molecule has 1 atom stereocenters. The number of aromatic carboxylic acids is 1. The Morgan fingerprint density at radius 1 is 0.889 bits per heavy atom. The fourth-order valence-electron chi connectivity index (χ4n) is 7.36. The standard InChI is InChI=1S/C46H53N3O5/c1-4-5-27-46(28-17-12-18-29-46)54-43(50)22-14-11-9-7-6-8-10-13-19-33-30-34(23-25-36(33)45(51)52)47-40-32-42-44(38-21-16-15-20-37(38)40)48-39-26-24-35(49(2)3)31-41(39)53-42/h12,15-18,20-21,23-26,28,30-32H,4-11,13-14,19,22,27,29H2,1-3H3,(H,51,52). The van der Waals surface area contributed by atoms with Gasteiger partial charge in [-0.1, -0.05) is 94.4 Å². The largest absolute Gasteiger partial charge is 0.478 e. The summed E-state index contributed by atoms with van der Waals surface area (Å²) in [6.07, 6.45) is 21.4. The molecule has 3 aliphatic rings. The van der Waals surface area contributed by atoms with Gasteiger partial charge in [0.25, 0.3) is 0 Å². The first kappa shape index (κ1) is 38.5. The summed E-state index contributed by atoms with van der Waals surface area (Å²) in [7, 11) is 3.99. The molecular formula is C46H53N3O5. The van der Waals surface area contributed by atoms with E-state index in [1.54, 1.807) is 12.1 Å². The molecule has 6 rings (SSSR count). The lowest BCUT2D eigenvalue weighted by Crippen LogP contribution is -2.33. The third kappa shape index (κ3) is 9.64. The molecule has 1 aliphatic heterocycles. The number of hydrogen-bond acceptors (Lipinski definition) is 7. The zero-order chi connectivity index (χ0) is 37.9. The van der Waals surface area contributed by atoms with E-state index in [4.69, 9.17) is 19.1 Å². The van der Waals surface area contributed by atoms with Crippen molar-refractivity contribution in [2.24, 2.45) is 4.99 Å². The van der Waals surface area contributed by atoms with E-state index in [1.807, 2.05) is 85.7 Å². The highest BCUT2D eigenvalue weighted by atomic mass is 16.6. The average Bonchev–Trinajstić information content (AvgIpc) is 3.17. The van der Waals surface area contributed by atoms with Gasteiger partial charge in [0.05, 0.1) is 16.6 Å². The first-order chi connectivity index (χ1) is 26.2. The van der Waals surface area contributed by atoms with Gasteiger partial charge in [-0.05, 0) is 74.1 Å². The molecule has 0 spiro atoms. The predicted molar refractivity (Wildman–Crippen MR) is 218 cm³/mol. The number of esters is 1. The maximum atomic E-state index is 12.6. The van der Waals surface area contributed by atoms with Gasteiger partial charge in [-0.2, -0.15) is 0 Å². The van der Waals surface area contributed by atoms with Crippen molar-refractivity contribution >= 4 is 45.2 Å². The number of rotatable bonds is 18. The number of carboxylic acids is 1. The van der Waals surface area contributed by atoms with E-state index in [0.29, 0.717) is 35.4 Å². The summed E-state index contributed by atoms with van der Waals surface area (Å²) in [5.74, 6) is -0.370. The lowest BCUT2D eigenvalue weighted by atomic mass is 9.89. The molecule has 0 aromatic heterocycles. The van der Waals surface area contributed by atoms with E-state index in [2.05, 4.69) is 19.1 Å². The third-order valence-corrected chi connectivity index (χ3v) is 10.4. The second-order valence-corrected chi connectivity index (χ2v) is 14.8. The van der Waals surface area contributed by atoms with Gasteiger partial charge in [0.1, 0.15) is 16.8 Å². The topological polar surface area (TPSA) is 105 Å². The van der Waals surface area contributed by atoms with Crippen LogP contribution >= 0.6 is 0 Å². The van der Waals surface area contributed by atoms with Crippen LogP contribution in [-0.4, -0.2) is 41.7 Å². The molecule has 0 saturated carbocycles. The van der Waals surface area contributed by atoms with E-state index >= 15 is 0 Å². The summed E-state index contributed by atoms with van der Waals surface area (Å²) in [5.41, 5.74) is 4.64. The SMILES string of the molecule is CCCCC1(OC(=O)CCCCCCCCCCc2cc(N=c3cc4oc5cc(N(C)C)ccc5nc-4c4ccccc34)ccc2C(=O)O)C=CC=CC1. The Balaban J connectivity index is 1.03. The van der Waals surface area contributed by atoms with Crippen LogP contribution in [0.1, 0.15) is 106 Å². The normalized spacial score (nSPS) is 15.7. The number of nitrogens with zero attached hydrogens (tertiary/aromatic N) is 3. The summed E-state index contributed by atoms with van der Waals surface area (Å²) in [6, 6.07) is 21.3. The van der Waals surface area contributed by atoms with Gasteiger partial charge in [-0.15, -0.1) is 0 Å². The van der Waals surface area contributed by atoms with Gasteiger partial charge in [-0.3, -0.25) is 4.79 Å². The van der Waals surface area contributed by atoms with Crippen LogP contribution in [0.15, 0.2) is 100 Å². The van der Waals surface area contributed by atoms with Crippen molar-refractivity contribution in [3.8, 4) is 11.5 Å². The van der Waals surface area contributed by atoms with Crippen LogP contribution in [0.3, 0.4) is 0 Å². The molecule has 3 aromatic rings. The van der Waals surface area contributed by atoms with Crippen LogP contribution in [0.2, 0.25) is 0 Å². The third-order valence-electron chi connectivity index (χ3n) is 10.4. The number of aromatic nitrogens is 1. The number of aryl methyl sites for hydroxylation is 1. The Morgan fingerprint density at radius 3 is 2.37 bits per heavy atom. The second-order valence-electron chi connectivity index (χ2n) is 14.8. The molecule has 0 amide bonds. The lowest BCUT2D eigenvalue weighted by molar-refractivity contribution is -0.155. The molecule has 54 heavy (non-hydrogen) atoms. The average molecular weight is 728 g/mol. The Hall–Kier alpha value is -5.24. The minimum atomic E-state index is -0.923. The van der Waals surface area contributed by atoms with Crippen LogP contribution in [0.5, 0.6) is 0 Å². The molecule has 1 unspecified atom stereocenters. The van der Waals surface area contributed by atoms with E-state index in [9.17, 15) is 14.7 Å². The number of unbranched alkanes of at least 4 members (excludes halogenated alkanes) is 8. The quantitative estimate of drug-likeness (QED) is 0.0414. The molecule has 3 aromatic carbocycles. The van der Waals surface area contributed by atoms with Crippen LogP contribution in [0.4, 0.5) is 11.4 Å². The Morgan fingerprint density at radius 2 is 1.65 bits per heavy atom. The fraction of sp³-hybridized carbons (Fsp3) is 0.391. The molecule has 2 aliphatic carbocycles. The van der Waals surface area contributed by atoms with Crippen molar-refractivity contribution in [3.63, 3.8) is 0 Å². The van der Waals surface area contributed by atoms with Crippen LogP contribution < -0.4 is 10.3 Å². The molecule has 0 fully saturated rings. The first-order valence-corrected chi connectivity index (χ1v) is 19.7. The molecule has 8 nitrogen and oxygen atoms in total. The summed E-state index contributed by atoms with van der Waals surface area (Å²) >= 11 is 0. The van der Waals surface area contributed by atoms with Crippen LogP contribution in [0.25, 0.3) is 33.3 Å². The molecule has 0 bridgehead atoms. The molecule has 282 valence electrons. The van der Waals surface area contributed by atoms with E-state index in [1.165, 1.54) is 0 Å². The number of ether oxygens (including phenoxy) is 1. The monoisotopic (exact) mass is 727 g/mol. The number of carboxylic acid groups (broad SMARTS) is 1. The maximum absolute atomic E-state index is 12.6. The number of benzene rings is 4. The number of anilines is 1. The molecule has 0 saturated heterocycles. The predicted octanol–water partition coefficient (Wildman–Crippen LogP) is 11.1. The minimum absolute atomic E-state index is 0.0883. The Labute approximate surface area is 318 Å². The van der Waals surface area contributed by atoms with Crippen molar-refractivity contribution in [2.45, 2.75) is 102 Å². The second kappa shape index (κ2) is 18.2. The number of fused-ring (bicyclic) bond motifs is 4. The van der Waals surface area contributed by atoms with Gasteiger partial charge < -0.3 is 19.2 Å². The molecule has 0 radical (unpaired) electrons. The highest BCUT2D eigenvalue weighted by Gasteiger charge is 2.30. The number of carbonyl (C=O) groups excluding carboxylic acids is 1. The summed E-state index contributed by atoms with van der Waals surface area (Å²) in [5, 5.41) is 12.6. The maximum Gasteiger partial charge on any atom is 0.335 e. The summed E-state index contributed by atoms with van der Waals surface area (Å²) in [4.78, 5) is 36.8. The van der Waals surface area contributed by atoms with Gasteiger partial charge in [0.2, 0.25) is 0 Å². The number of allylic oxidation sites excluding steroid dienone is 2. The van der Waals surface area contributed by atoms with Gasteiger partial charge in [-0.25, -0.2) is 14.8 Å². The van der Waals surface area contributed by atoms with Crippen LogP contribution in [0, 0.1) is 0 Å². The van der Waals surface area contributed by atoms with Crippen molar-refractivity contribution in [2.75, 3.05) is 19.0 Å². The smallest absolute Gasteiger partial charge is 0.335 e. The molecule has 1 N–H and O–H groups in total. The summed E-state index contributed by atoms with van der Waals surface area (Å²) in [6.45, 7) is 2.16. The van der Waals surface area contributed by atoms with Crippen molar-refractivity contribution in [3.05, 3.63) is 108 Å². The summed E-state index contributed by atoms with van der Waals surface area (Å²) < 4.78 is 12.4. The minimum Gasteiger partial charge on any atom is -0.478 e. The highest BCUT2D eigenvalue weighted by molar-refractivity contribution is 5.96. The van der Waals surface area contributed by atoms with Crippen LogP contribution in [-0.2, 0) is 16.0 Å². The molecule has 8 heteroatoms. The van der Waals surface area contributed by atoms with Gasteiger partial charge in [0, 0.05) is 55.5 Å². The Bertz CT molecular complexity index is 2180. The van der Waals surface area contributed by atoms with E-state index in [0.717, 1.165) is 116 Å². The first-order valence-electron chi connectivity index (χ1n) is 19.7. The van der Waals surface area contributed by atoms with E-state index in [-0.39, 0.29) is 5.97 Å². The Kier molecular flexibility index (Phi) is 13.0. The number of carbonyl (C=O) groups is 2. The molecular weight excluding hydrogens is 675 g/mol. The van der Waals surface area contributed by atoms with Crippen molar-refractivity contribution in [1.82, 2.24) is 4.98 Å². The highest BCUT2D eigenvalue weighted by Crippen LogP contribution is 2.33. The zero-order valence-corrected chi connectivity index (χ0v) is 32.0. The fourth-order valence-corrected chi connectivity index (χ4v) is 7.36. The van der Waals surface area contributed by atoms with Crippen molar-refractivity contribution < 1.29 is 23.8 Å². The van der Waals surface area contributed by atoms with Gasteiger partial charge in [0.15, 0.2) is 11.3 Å². The van der Waals surface area contributed by atoms with Gasteiger partial charge >= 0.3 is 11.9 Å². The lowest BCUT2D eigenvalue weighted by Gasteiger charge is -2.31. The van der Waals surface area contributed by atoms with E-state index < -0.39 is 11.6 Å². The molecule has 1 heterocycles.